The molecule has 1 unspecified atom stereocenters. The first kappa shape index (κ1) is 12.4. The number of hydrogen-bond acceptors (Lipinski definition) is 4. The summed E-state index contributed by atoms with van der Waals surface area (Å²) in [5, 5.41) is 13.2. The first-order valence-corrected chi connectivity index (χ1v) is 5.86. The van der Waals surface area contributed by atoms with Gasteiger partial charge in [0, 0.05) is 18.4 Å². The van der Waals surface area contributed by atoms with Crippen molar-refractivity contribution in [3.8, 4) is 0 Å². The molecule has 0 radical (unpaired) electrons. The Hall–Kier alpha value is -2.07. The van der Waals surface area contributed by atoms with E-state index in [1.165, 1.54) is 0 Å². The van der Waals surface area contributed by atoms with E-state index < -0.39 is 6.10 Å². The third-order valence-corrected chi connectivity index (χ3v) is 2.79. The number of nitrogens with zero attached hydrogens (tertiary/aromatic N) is 1. The summed E-state index contributed by atoms with van der Waals surface area (Å²) in [6.07, 6.45) is 1.15. The van der Waals surface area contributed by atoms with Crippen LogP contribution in [0.1, 0.15) is 17.2 Å². The van der Waals surface area contributed by atoms with E-state index in [0.29, 0.717) is 12.2 Å². The molecular weight excluding hydrogens is 226 g/mol. The highest BCUT2D eigenvalue weighted by molar-refractivity contribution is 5.43. The lowest BCUT2D eigenvalue weighted by Crippen LogP contribution is -2.13. The predicted molar refractivity (Wildman–Crippen MR) is 73.3 cm³/mol. The molecule has 0 aliphatic carbocycles. The second-order valence-corrected chi connectivity index (χ2v) is 4.23. The Morgan fingerprint density at radius 1 is 1.28 bits per heavy atom. The summed E-state index contributed by atoms with van der Waals surface area (Å²) in [5.41, 5.74) is 8.19. The third kappa shape index (κ3) is 2.99. The van der Waals surface area contributed by atoms with Gasteiger partial charge in [-0.2, -0.15) is 0 Å². The van der Waals surface area contributed by atoms with Crippen LogP contribution in [0.15, 0.2) is 42.6 Å². The van der Waals surface area contributed by atoms with Crippen molar-refractivity contribution >= 4 is 11.5 Å². The van der Waals surface area contributed by atoms with Crippen LogP contribution < -0.4 is 11.1 Å². The molecule has 0 saturated carbocycles. The van der Waals surface area contributed by atoms with E-state index in [2.05, 4.69) is 10.3 Å². The third-order valence-electron chi connectivity index (χ3n) is 2.79. The maximum atomic E-state index is 10.0. The zero-order valence-corrected chi connectivity index (χ0v) is 10.3. The maximum absolute atomic E-state index is 10.0. The van der Waals surface area contributed by atoms with E-state index in [0.717, 1.165) is 16.9 Å². The molecule has 0 fully saturated rings. The van der Waals surface area contributed by atoms with E-state index >= 15 is 0 Å². The quantitative estimate of drug-likeness (QED) is 0.719. The first-order valence-electron chi connectivity index (χ1n) is 5.86. The molecule has 0 amide bonds. The number of nitrogen functional groups attached to an aromatic ring is 1. The summed E-state index contributed by atoms with van der Waals surface area (Å²) in [6, 6.07) is 11.1. The number of aryl methyl sites for hydroxylation is 1. The number of aliphatic hydroxyl groups excluding tert-OH is 1. The van der Waals surface area contributed by atoms with Gasteiger partial charge in [-0.3, -0.25) is 0 Å². The maximum Gasteiger partial charge on any atom is 0.128 e. The number of pyridine rings is 1. The van der Waals surface area contributed by atoms with Gasteiger partial charge >= 0.3 is 0 Å². The van der Waals surface area contributed by atoms with Crippen molar-refractivity contribution in [2.75, 3.05) is 17.6 Å². The Morgan fingerprint density at radius 3 is 2.67 bits per heavy atom. The van der Waals surface area contributed by atoms with Crippen molar-refractivity contribution in [3.63, 3.8) is 0 Å². The Labute approximate surface area is 106 Å². The summed E-state index contributed by atoms with van der Waals surface area (Å²) < 4.78 is 0. The van der Waals surface area contributed by atoms with Crippen LogP contribution >= 0.6 is 0 Å². The van der Waals surface area contributed by atoms with Gasteiger partial charge in [-0.25, -0.2) is 4.98 Å². The van der Waals surface area contributed by atoms with E-state index in [-0.39, 0.29) is 0 Å². The number of aromatic nitrogens is 1. The minimum atomic E-state index is -0.577. The Balaban J connectivity index is 1.98. The number of rotatable bonds is 4. The molecule has 0 bridgehead atoms. The Bertz CT molecular complexity index is 511. The standard InChI is InChI=1S/C14H17N3O/c1-10-3-2-8-16-14(10)17-9-13(18)11-4-6-12(15)7-5-11/h2-8,13,18H,9,15H2,1H3,(H,16,17). The minimum Gasteiger partial charge on any atom is -0.399 e. The van der Waals surface area contributed by atoms with Crippen molar-refractivity contribution in [2.24, 2.45) is 0 Å². The van der Waals surface area contributed by atoms with Crippen LogP contribution in [0.5, 0.6) is 0 Å². The molecule has 2 rings (SSSR count). The lowest BCUT2D eigenvalue weighted by atomic mass is 10.1. The fraction of sp³-hybridized carbons (Fsp3) is 0.214. The molecule has 0 aliphatic rings. The highest BCUT2D eigenvalue weighted by atomic mass is 16.3. The number of nitrogens with two attached hydrogens (primary N) is 1. The van der Waals surface area contributed by atoms with Crippen LogP contribution in [0.2, 0.25) is 0 Å². The van der Waals surface area contributed by atoms with E-state index in [1.54, 1.807) is 18.3 Å². The van der Waals surface area contributed by atoms with Crippen molar-refractivity contribution in [1.29, 1.82) is 0 Å². The molecule has 1 heterocycles. The van der Waals surface area contributed by atoms with Gasteiger partial charge in [-0.1, -0.05) is 18.2 Å². The normalized spacial score (nSPS) is 12.1. The molecule has 2 aromatic rings. The van der Waals surface area contributed by atoms with Gasteiger partial charge in [0.25, 0.3) is 0 Å². The molecule has 4 nitrogen and oxygen atoms in total. The monoisotopic (exact) mass is 243 g/mol. The predicted octanol–water partition coefficient (Wildman–Crippen LogP) is 2.12. The molecule has 0 saturated heterocycles. The second-order valence-electron chi connectivity index (χ2n) is 4.23. The fourth-order valence-corrected chi connectivity index (χ4v) is 1.70. The highest BCUT2D eigenvalue weighted by Crippen LogP contribution is 2.16. The van der Waals surface area contributed by atoms with Crippen LogP contribution in [0.25, 0.3) is 0 Å². The minimum absolute atomic E-state index is 0.418. The molecule has 18 heavy (non-hydrogen) atoms. The van der Waals surface area contributed by atoms with Crippen LogP contribution in [0, 0.1) is 6.92 Å². The average Bonchev–Trinajstić information content (AvgIpc) is 2.38. The van der Waals surface area contributed by atoms with Gasteiger partial charge in [-0.15, -0.1) is 0 Å². The van der Waals surface area contributed by atoms with Gasteiger partial charge in [0.05, 0.1) is 6.10 Å². The number of anilines is 2. The van der Waals surface area contributed by atoms with Gasteiger partial charge in [0.15, 0.2) is 0 Å². The molecule has 1 atom stereocenters. The zero-order valence-electron chi connectivity index (χ0n) is 10.3. The van der Waals surface area contributed by atoms with E-state index in [4.69, 9.17) is 5.73 Å². The lowest BCUT2D eigenvalue weighted by Gasteiger charge is -2.14. The highest BCUT2D eigenvalue weighted by Gasteiger charge is 2.07. The zero-order chi connectivity index (χ0) is 13.0. The second kappa shape index (κ2) is 5.51. The molecule has 1 aromatic carbocycles. The van der Waals surface area contributed by atoms with Gasteiger partial charge in [0.2, 0.25) is 0 Å². The van der Waals surface area contributed by atoms with Crippen molar-refractivity contribution in [1.82, 2.24) is 4.98 Å². The number of aliphatic hydroxyl groups is 1. The average molecular weight is 243 g/mol. The van der Waals surface area contributed by atoms with Gasteiger partial charge in [0.1, 0.15) is 5.82 Å². The molecule has 0 aliphatic heterocycles. The van der Waals surface area contributed by atoms with Crippen molar-refractivity contribution in [2.45, 2.75) is 13.0 Å². The summed E-state index contributed by atoms with van der Waals surface area (Å²) >= 11 is 0. The van der Waals surface area contributed by atoms with Crippen LogP contribution in [0.3, 0.4) is 0 Å². The largest absolute Gasteiger partial charge is 0.399 e. The van der Waals surface area contributed by atoms with Crippen molar-refractivity contribution in [3.05, 3.63) is 53.7 Å². The van der Waals surface area contributed by atoms with E-state index in [9.17, 15) is 5.11 Å². The summed E-state index contributed by atoms with van der Waals surface area (Å²) in [6.45, 7) is 2.40. The molecular formula is C14H17N3O. The Morgan fingerprint density at radius 2 is 2.00 bits per heavy atom. The fourth-order valence-electron chi connectivity index (χ4n) is 1.70. The van der Waals surface area contributed by atoms with Crippen LogP contribution in [-0.4, -0.2) is 16.6 Å². The summed E-state index contributed by atoms with van der Waals surface area (Å²) in [4.78, 5) is 4.22. The van der Waals surface area contributed by atoms with Crippen molar-refractivity contribution < 1.29 is 5.11 Å². The van der Waals surface area contributed by atoms with E-state index in [1.807, 2.05) is 31.2 Å². The summed E-state index contributed by atoms with van der Waals surface area (Å²) in [5.74, 6) is 0.798. The number of benzene rings is 1. The SMILES string of the molecule is Cc1cccnc1NCC(O)c1ccc(N)cc1. The Kier molecular flexibility index (Phi) is 3.79. The molecule has 4 heteroatoms. The van der Waals surface area contributed by atoms with Gasteiger partial charge < -0.3 is 16.2 Å². The van der Waals surface area contributed by atoms with Crippen LogP contribution in [-0.2, 0) is 0 Å². The molecule has 1 aromatic heterocycles. The smallest absolute Gasteiger partial charge is 0.128 e. The molecule has 4 N–H and O–H groups in total. The first-order chi connectivity index (χ1) is 8.66. The summed E-state index contributed by atoms with van der Waals surface area (Å²) in [7, 11) is 0. The topological polar surface area (TPSA) is 71.2 Å². The molecule has 94 valence electrons. The van der Waals surface area contributed by atoms with Crippen LogP contribution in [0.4, 0.5) is 11.5 Å². The van der Waals surface area contributed by atoms with Gasteiger partial charge in [-0.05, 0) is 36.2 Å². The molecule has 0 spiro atoms. The number of nitrogens with one attached hydrogen (secondary N) is 1. The number of hydrogen-bond donors (Lipinski definition) is 3. The lowest BCUT2D eigenvalue weighted by molar-refractivity contribution is 0.191.